The zero-order chi connectivity index (χ0) is 21.2. The molecule has 0 aliphatic heterocycles. The number of carbonyl (C=O) groups is 2. The molecule has 2 N–H and O–H groups in total. The first-order valence-electron chi connectivity index (χ1n) is 9.06. The van der Waals surface area contributed by atoms with Crippen molar-refractivity contribution in [2.24, 2.45) is 0 Å². The van der Waals surface area contributed by atoms with Crippen molar-refractivity contribution in [1.29, 1.82) is 0 Å². The van der Waals surface area contributed by atoms with Gasteiger partial charge in [-0.05, 0) is 54.8 Å². The fraction of sp³-hybridized carbons (Fsp3) is 0.0909. The normalized spacial score (nSPS) is 12.6. The standard InChI is InChI=1S/C22H12F2N2O4/c23-9-2-5-15-12(7-9)17(21(27)28)11-3-6-16-19(20(11)26-15)18(22(29)30)13-8-10(24)1-4-14(13)25-16/h1-2,4-5,7-8H,3,6H2,(H,27,28)(H,29,30). The number of pyridine rings is 2. The Balaban J connectivity index is 1.97. The van der Waals surface area contributed by atoms with Crippen molar-refractivity contribution in [2.75, 3.05) is 0 Å². The highest BCUT2D eigenvalue weighted by atomic mass is 19.1. The Kier molecular flexibility index (Phi) is 3.79. The molecule has 2 heterocycles. The van der Waals surface area contributed by atoms with Gasteiger partial charge >= 0.3 is 11.9 Å². The quantitative estimate of drug-likeness (QED) is 0.517. The number of aryl methyl sites for hydroxylation is 1. The summed E-state index contributed by atoms with van der Waals surface area (Å²) < 4.78 is 27.7. The van der Waals surface area contributed by atoms with Crippen LogP contribution in [0.25, 0.3) is 33.1 Å². The van der Waals surface area contributed by atoms with Gasteiger partial charge in [0.05, 0.1) is 33.5 Å². The molecule has 8 heteroatoms. The first-order chi connectivity index (χ1) is 14.3. The summed E-state index contributed by atoms with van der Waals surface area (Å²) in [4.78, 5) is 33.2. The summed E-state index contributed by atoms with van der Waals surface area (Å²) in [5.41, 5.74) is 1.36. The molecule has 4 aromatic rings. The minimum Gasteiger partial charge on any atom is -0.478 e. The van der Waals surface area contributed by atoms with Crippen LogP contribution in [-0.2, 0) is 12.8 Å². The van der Waals surface area contributed by atoms with Gasteiger partial charge in [0.2, 0.25) is 0 Å². The number of carboxylic acids is 2. The Morgan fingerprint density at radius 1 is 0.800 bits per heavy atom. The molecule has 2 aromatic heterocycles. The van der Waals surface area contributed by atoms with E-state index in [1.54, 1.807) is 0 Å². The first kappa shape index (κ1) is 18.1. The summed E-state index contributed by atoms with van der Waals surface area (Å²) in [7, 11) is 0. The Labute approximate surface area is 167 Å². The molecule has 0 spiro atoms. The van der Waals surface area contributed by atoms with E-state index in [0.29, 0.717) is 16.8 Å². The maximum absolute atomic E-state index is 13.9. The maximum atomic E-state index is 13.9. The zero-order valence-corrected chi connectivity index (χ0v) is 15.2. The largest absolute Gasteiger partial charge is 0.478 e. The van der Waals surface area contributed by atoms with Crippen LogP contribution < -0.4 is 0 Å². The summed E-state index contributed by atoms with van der Waals surface area (Å²) in [5.74, 6) is -3.77. The predicted octanol–water partition coefficient (Wildman–Crippen LogP) is 4.22. The van der Waals surface area contributed by atoms with E-state index in [-0.39, 0.29) is 51.5 Å². The Morgan fingerprint density at radius 2 is 1.37 bits per heavy atom. The molecule has 0 saturated carbocycles. The van der Waals surface area contributed by atoms with Crippen LogP contribution in [0.5, 0.6) is 0 Å². The van der Waals surface area contributed by atoms with Crippen molar-refractivity contribution in [3.63, 3.8) is 0 Å². The second-order valence-corrected chi connectivity index (χ2v) is 7.06. The van der Waals surface area contributed by atoms with E-state index in [4.69, 9.17) is 0 Å². The molecule has 5 rings (SSSR count). The molecular weight excluding hydrogens is 394 g/mol. The van der Waals surface area contributed by atoms with E-state index >= 15 is 0 Å². The van der Waals surface area contributed by atoms with Crippen molar-refractivity contribution in [3.05, 3.63) is 70.4 Å². The molecule has 2 aromatic carbocycles. The lowest BCUT2D eigenvalue weighted by Gasteiger charge is -2.23. The maximum Gasteiger partial charge on any atom is 0.337 e. The average Bonchev–Trinajstić information content (AvgIpc) is 2.69. The topological polar surface area (TPSA) is 100 Å². The van der Waals surface area contributed by atoms with Crippen LogP contribution >= 0.6 is 0 Å². The Hall–Kier alpha value is -3.94. The van der Waals surface area contributed by atoms with E-state index in [1.807, 2.05) is 0 Å². The molecule has 30 heavy (non-hydrogen) atoms. The summed E-state index contributed by atoms with van der Waals surface area (Å²) in [6.45, 7) is 0. The number of halogens is 2. The van der Waals surface area contributed by atoms with E-state index in [2.05, 4.69) is 9.97 Å². The van der Waals surface area contributed by atoms with E-state index in [1.165, 1.54) is 18.2 Å². The fourth-order valence-corrected chi connectivity index (χ4v) is 4.16. The number of aromatic carboxylic acids is 2. The lowest BCUT2D eigenvalue weighted by Crippen LogP contribution is -2.17. The van der Waals surface area contributed by atoms with Crippen molar-refractivity contribution in [1.82, 2.24) is 9.97 Å². The highest BCUT2D eigenvalue weighted by molar-refractivity contribution is 6.11. The molecule has 1 aliphatic carbocycles. The highest BCUT2D eigenvalue weighted by Gasteiger charge is 2.31. The third-order valence-corrected chi connectivity index (χ3v) is 5.35. The van der Waals surface area contributed by atoms with Gasteiger partial charge in [0, 0.05) is 16.3 Å². The summed E-state index contributed by atoms with van der Waals surface area (Å²) in [5, 5.41) is 20.0. The Morgan fingerprint density at radius 3 is 1.97 bits per heavy atom. The minimum atomic E-state index is -1.30. The van der Waals surface area contributed by atoms with Gasteiger partial charge in [0.15, 0.2) is 0 Å². The van der Waals surface area contributed by atoms with Gasteiger partial charge in [-0.25, -0.2) is 23.4 Å². The van der Waals surface area contributed by atoms with Gasteiger partial charge in [-0.15, -0.1) is 0 Å². The number of rotatable bonds is 2. The second kappa shape index (κ2) is 6.28. The molecule has 0 amide bonds. The number of hydrogen-bond acceptors (Lipinski definition) is 4. The summed E-state index contributed by atoms with van der Waals surface area (Å²) in [6, 6.07) is 7.31. The summed E-state index contributed by atoms with van der Waals surface area (Å²) in [6.07, 6.45) is 0.529. The molecule has 0 unspecified atom stereocenters. The molecule has 6 nitrogen and oxygen atoms in total. The smallest absolute Gasteiger partial charge is 0.337 e. The molecular formula is C22H12F2N2O4. The second-order valence-electron chi connectivity index (χ2n) is 7.06. The number of fused-ring (bicyclic) bond motifs is 5. The van der Waals surface area contributed by atoms with Crippen LogP contribution in [0.2, 0.25) is 0 Å². The van der Waals surface area contributed by atoms with E-state index < -0.39 is 23.6 Å². The van der Waals surface area contributed by atoms with Crippen molar-refractivity contribution >= 4 is 33.7 Å². The van der Waals surface area contributed by atoms with Crippen LogP contribution in [0.3, 0.4) is 0 Å². The molecule has 0 atom stereocenters. The van der Waals surface area contributed by atoms with Crippen molar-refractivity contribution in [3.8, 4) is 11.3 Å². The third-order valence-electron chi connectivity index (χ3n) is 5.35. The predicted molar refractivity (Wildman–Crippen MR) is 104 cm³/mol. The monoisotopic (exact) mass is 406 g/mol. The van der Waals surface area contributed by atoms with Crippen LogP contribution in [0.1, 0.15) is 32.0 Å². The average molecular weight is 406 g/mol. The van der Waals surface area contributed by atoms with Crippen LogP contribution in [0.15, 0.2) is 36.4 Å². The first-order valence-corrected chi connectivity index (χ1v) is 9.06. The number of carboxylic acid groups (broad SMARTS) is 2. The van der Waals surface area contributed by atoms with Crippen molar-refractivity contribution < 1.29 is 28.6 Å². The molecule has 148 valence electrons. The number of hydrogen-bond donors (Lipinski definition) is 2. The molecule has 0 bridgehead atoms. The van der Waals surface area contributed by atoms with Crippen LogP contribution in [0, 0.1) is 11.6 Å². The van der Waals surface area contributed by atoms with Gasteiger partial charge in [-0.2, -0.15) is 0 Å². The van der Waals surface area contributed by atoms with Gasteiger partial charge < -0.3 is 10.2 Å². The van der Waals surface area contributed by atoms with Crippen LogP contribution in [-0.4, -0.2) is 32.1 Å². The molecule has 0 saturated heterocycles. The Bertz CT molecular complexity index is 1430. The molecule has 0 radical (unpaired) electrons. The number of benzene rings is 2. The molecule has 0 fully saturated rings. The molecule has 1 aliphatic rings. The zero-order valence-electron chi connectivity index (χ0n) is 15.2. The van der Waals surface area contributed by atoms with E-state index in [9.17, 15) is 28.6 Å². The van der Waals surface area contributed by atoms with E-state index in [0.717, 1.165) is 18.2 Å². The van der Waals surface area contributed by atoms with Gasteiger partial charge in [0.25, 0.3) is 0 Å². The van der Waals surface area contributed by atoms with Gasteiger partial charge in [0.1, 0.15) is 11.6 Å². The van der Waals surface area contributed by atoms with Gasteiger partial charge in [-0.1, -0.05) is 0 Å². The number of nitrogens with zero attached hydrogens (tertiary/aromatic N) is 2. The SMILES string of the molecule is O=C(O)c1c2c(nc3ccc(F)cc13)-c1c(nc3ccc(F)cc3c1C(=O)O)CC2. The fourth-order valence-electron chi connectivity index (χ4n) is 4.16. The minimum absolute atomic E-state index is 0.104. The van der Waals surface area contributed by atoms with Crippen molar-refractivity contribution in [2.45, 2.75) is 12.8 Å². The summed E-state index contributed by atoms with van der Waals surface area (Å²) >= 11 is 0. The lowest BCUT2D eigenvalue weighted by atomic mass is 9.84. The highest BCUT2D eigenvalue weighted by Crippen LogP contribution is 2.40. The lowest BCUT2D eigenvalue weighted by molar-refractivity contribution is 0.0688. The number of aromatic nitrogens is 2. The van der Waals surface area contributed by atoms with Gasteiger partial charge in [-0.3, -0.25) is 4.98 Å². The van der Waals surface area contributed by atoms with Crippen LogP contribution in [0.4, 0.5) is 8.78 Å². The third kappa shape index (κ3) is 2.53.